The molecule has 4 nitrogen and oxygen atoms in total. The molecule has 0 unspecified atom stereocenters. The third-order valence-electron chi connectivity index (χ3n) is 4.09. The van der Waals surface area contributed by atoms with Crippen molar-refractivity contribution < 1.29 is 14.6 Å². The zero-order chi connectivity index (χ0) is 18.8. The van der Waals surface area contributed by atoms with Gasteiger partial charge in [0.15, 0.2) is 6.61 Å². The van der Waals surface area contributed by atoms with E-state index in [9.17, 15) is 4.79 Å². The zero-order valence-electron chi connectivity index (χ0n) is 14.1. The van der Waals surface area contributed by atoms with E-state index in [0.717, 1.165) is 37.1 Å². The molecule has 0 aliphatic carbocycles. The maximum Gasteiger partial charge on any atom is 0.341 e. The number of hydrogen-bond donors (Lipinski definition) is 1. The monoisotopic (exact) mass is 439 g/mol. The van der Waals surface area contributed by atoms with Crippen LogP contribution in [0.15, 0.2) is 70.5 Å². The van der Waals surface area contributed by atoms with Gasteiger partial charge in [-0.25, -0.2) is 9.78 Å². The van der Waals surface area contributed by atoms with Crippen LogP contribution >= 0.6 is 27.3 Å². The first-order valence-electron chi connectivity index (χ1n) is 8.20. The van der Waals surface area contributed by atoms with Crippen molar-refractivity contribution in [1.82, 2.24) is 4.98 Å². The van der Waals surface area contributed by atoms with Crippen molar-refractivity contribution in [2.24, 2.45) is 0 Å². The van der Waals surface area contributed by atoms with E-state index in [4.69, 9.17) is 14.8 Å². The van der Waals surface area contributed by atoms with Crippen LogP contribution in [-0.4, -0.2) is 22.7 Å². The number of hydrogen-bond acceptors (Lipinski definition) is 4. The van der Waals surface area contributed by atoms with E-state index in [1.54, 1.807) is 17.4 Å². The van der Waals surface area contributed by atoms with Gasteiger partial charge in [0.2, 0.25) is 0 Å². The smallest absolute Gasteiger partial charge is 0.341 e. The van der Waals surface area contributed by atoms with Gasteiger partial charge in [0.05, 0.1) is 10.2 Å². The highest BCUT2D eigenvalue weighted by atomic mass is 79.9. The molecule has 0 amide bonds. The van der Waals surface area contributed by atoms with Gasteiger partial charge in [0, 0.05) is 16.5 Å². The Hall–Kier alpha value is -2.70. The van der Waals surface area contributed by atoms with Gasteiger partial charge < -0.3 is 9.84 Å². The Morgan fingerprint density at radius 3 is 2.67 bits per heavy atom. The van der Waals surface area contributed by atoms with Crippen molar-refractivity contribution in [3.05, 3.63) is 70.5 Å². The first-order chi connectivity index (χ1) is 13.1. The van der Waals surface area contributed by atoms with Crippen LogP contribution in [-0.2, 0) is 4.79 Å². The van der Waals surface area contributed by atoms with Gasteiger partial charge in [0.1, 0.15) is 10.8 Å². The number of carbonyl (C=O) groups is 1. The van der Waals surface area contributed by atoms with E-state index < -0.39 is 5.97 Å². The van der Waals surface area contributed by atoms with Gasteiger partial charge in [-0.3, -0.25) is 0 Å². The van der Waals surface area contributed by atoms with Gasteiger partial charge in [-0.05, 0) is 38.8 Å². The van der Waals surface area contributed by atoms with Crippen molar-refractivity contribution in [2.45, 2.75) is 0 Å². The molecule has 134 valence electrons. The van der Waals surface area contributed by atoms with E-state index in [1.165, 1.54) is 0 Å². The van der Waals surface area contributed by atoms with Crippen LogP contribution in [0.1, 0.15) is 0 Å². The van der Waals surface area contributed by atoms with E-state index in [-0.39, 0.29) is 6.61 Å². The summed E-state index contributed by atoms with van der Waals surface area (Å²) in [6.45, 7) is -0.372. The Morgan fingerprint density at radius 2 is 1.89 bits per heavy atom. The Bertz CT molecular complexity index is 1120. The average Bonchev–Trinajstić information content (AvgIpc) is 3.18. The van der Waals surface area contributed by atoms with E-state index >= 15 is 0 Å². The van der Waals surface area contributed by atoms with Gasteiger partial charge in [-0.1, -0.05) is 48.5 Å². The number of ether oxygens (including phenoxy) is 1. The summed E-state index contributed by atoms with van der Waals surface area (Å²) in [6.07, 6.45) is 0. The lowest BCUT2D eigenvalue weighted by atomic mass is 10.1. The highest BCUT2D eigenvalue weighted by Crippen LogP contribution is 2.36. The number of rotatable bonds is 5. The third-order valence-corrected chi connectivity index (χ3v) is 5.80. The number of halogens is 1. The number of benzene rings is 3. The molecule has 0 saturated heterocycles. The SMILES string of the molecule is O=C(O)COc1ccc2cc(-c3csc(-c4ccccc4)n3)ccc2c1Br. The van der Waals surface area contributed by atoms with Crippen LogP contribution in [0.3, 0.4) is 0 Å². The molecule has 0 saturated carbocycles. The first kappa shape index (κ1) is 17.7. The fourth-order valence-electron chi connectivity index (χ4n) is 2.80. The predicted octanol–water partition coefficient (Wildman–Crippen LogP) is 5.86. The maximum atomic E-state index is 10.7. The molecule has 3 aromatic carbocycles. The second-order valence-corrected chi connectivity index (χ2v) is 7.55. The van der Waals surface area contributed by atoms with Crippen LogP contribution in [0, 0.1) is 0 Å². The van der Waals surface area contributed by atoms with Crippen molar-refractivity contribution in [2.75, 3.05) is 6.61 Å². The predicted molar refractivity (Wildman–Crippen MR) is 111 cm³/mol. The fourth-order valence-corrected chi connectivity index (χ4v) is 4.24. The minimum Gasteiger partial charge on any atom is -0.481 e. The highest BCUT2D eigenvalue weighted by Gasteiger charge is 2.11. The minimum atomic E-state index is -1.00. The summed E-state index contributed by atoms with van der Waals surface area (Å²) >= 11 is 5.14. The van der Waals surface area contributed by atoms with Gasteiger partial charge in [-0.2, -0.15) is 0 Å². The van der Waals surface area contributed by atoms with E-state index in [1.807, 2.05) is 36.4 Å². The topological polar surface area (TPSA) is 59.4 Å². The molecule has 4 rings (SSSR count). The maximum absolute atomic E-state index is 10.7. The Labute approximate surface area is 168 Å². The second kappa shape index (κ2) is 7.50. The molecule has 1 N–H and O–H groups in total. The van der Waals surface area contributed by atoms with Crippen LogP contribution in [0.25, 0.3) is 32.6 Å². The van der Waals surface area contributed by atoms with Crippen LogP contribution < -0.4 is 4.74 Å². The van der Waals surface area contributed by atoms with Gasteiger partial charge in [-0.15, -0.1) is 11.3 Å². The molecule has 1 heterocycles. The molecular weight excluding hydrogens is 426 g/mol. The normalized spacial score (nSPS) is 10.9. The standard InChI is InChI=1S/C21H14BrNO3S/c22-20-16-8-6-15(10-14(16)7-9-18(20)26-11-19(24)25)17-12-27-21(23-17)13-4-2-1-3-5-13/h1-10,12H,11H2,(H,24,25). The van der Waals surface area contributed by atoms with Crippen LogP contribution in [0.4, 0.5) is 0 Å². The lowest BCUT2D eigenvalue weighted by molar-refractivity contribution is -0.139. The average molecular weight is 440 g/mol. The largest absolute Gasteiger partial charge is 0.481 e. The summed E-state index contributed by atoms with van der Waals surface area (Å²) in [4.78, 5) is 15.5. The summed E-state index contributed by atoms with van der Waals surface area (Å²) < 4.78 is 6.06. The summed E-state index contributed by atoms with van der Waals surface area (Å²) in [5, 5.41) is 13.8. The quantitative estimate of drug-likeness (QED) is 0.423. The van der Waals surface area contributed by atoms with Crippen molar-refractivity contribution in [1.29, 1.82) is 0 Å². The number of nitrogens with zero attached hydrogens (tertiary/aromatic N) is 1. The lowest BCUT2D eigenvalue weighted by Gasteiger charge is -2.09. The van der Waals surface area contributed by atoms with Crippen molar-refractivity contribution in [3.63, 3.8) is 0 Å². The summed E-state index contributed by atoms with van der Waals surface area (Å²) in [6, 6.07) is 19.9. The fraction of sp³-hybridized carbons (Fsp3) is 0.0476. The molecule has 0 spiro atoms. The molecule has 0 atom stereocenters. The molecule has 27 heavy (non-hydrogen) atoms. The molecule has 4 aromatic rings. The molecule has 0 aliphatic heterocycles. The Kier molecular flexibility index (Phi) is 4.92. The van der Waals surface area contributed by atoms with Crippen molar-refractivity contribution >= 4 is 44.0 Å². The van der Waals surface area contributed by atoms with Gasteiger partial charge in [0.25, 0.3) is 0 Å². The summed E-state index contributed by atoms with van der Waals surface area (Å²) in [5.74, 6) is -0.493. The Balaban J connectivity index is 1.67. The molecule has 0 fully saturated rings. The highest BCUT2D eigenvalue weighted by molar-refractivity contribution is 9.10. The summed E-state index contributed by atoms with van der Waals surface area (Å²) in [7, 11) is 0. The molecule has 6 heteroatoms. The van der Waals surface area contributed by atoms with Crippen LogP contribution in [0.2, 0.25) is 0 Å². The summed E-state index contributed by atoms with van der Waals surface area (Å²) in [5.41, 5.74) is 3.08. The third kappa shape index (κ3) is 3.72. The Morgan fingerprint density at radius 1 is 1.07 bits per heavy atom. The van der Waals surface area contributed by atoms with Crippen molar-refractivity contribution in [3.8, 4) is 27.6 Å². The lowest BCUT2D eigenvalue weighted by Crippen LogP contribution is -2.09. The van der Waals surface area contributed by atoms with E-state index in [2.05, 4.69) is 39.5 Å². The second-order valence-electron chi connectivity index (χ2n) is 5.90. The molecule has 0 radical (unpaired) electrons. The number of carboxylic acid groups (broad SMARTS) is 1. The van der Waals surface area contributed by atoms with E-state index in [0.29, 0.717) is 5.75 Å². The zero-order valence-corrected chi connectivity index (χ0v) is 16.5. The van der Waals surface area contributed by atoms with Gasteiger partial charge >= 0.3 is 5.97 Å². The number of thiazole rings is 1. The number of aromatic nitrogens is 1. The molecule has 0 aliphatic rings. The molecule has 0 bridgehead atoms. The minimum absolute atomic E-state index is 0.372. The number of aliphatic carboxylic acids is 1. The first-order valence-corrected chi connectivity index (χ1v) is 9.87. The molecule has 1 aromatic heterocycles. The van der Waals surface area contributed by atoms with Crippen LogP contribution in [0.5, 0.6) is 5.75 Å². The number of carboxylic acids is 1. The molecular formula is C21H14BrNO3S. The number of fused-ring (bicyclic) bond motifs is 1.